The van der Waals surface area contributed by atoms with Gasteiger partial charge in [-0.3, -0.25) is 4.79 Å². The Labute approximate surface area is 140 Å². The number of ketones is 1. The van der Waals surface area contributed by atoms with Gasteiger partial charge in [0.1, 0.15) is 11.6 Å². The van der Waals surface area contributed by atoms with Gasteiger partial charge in [0.2, 0.25) is 0 Å². The molecule has 0 radical (unpaired) electrons. The molecule has 24 heavy (non-hydrogen) atoms. The minimum Gasteiger partial charge on any atom is -0.380 e. The van der Waals surface area contributed by atoms with Crippen molar-refractivity contribution in [1.29, 1.82) is 0 Å². The predicted molar refractivity (Wildman–Crippen MR) is 89.5 cm³/mol. The zero-order chi connectivity index (χ0) is 16.9. The molecule has 0 N–H and O–H groups in total. The SMILES string of the molecule is [C-]#[N+]c1ccc(C2COC[C@@H]2CC(=O)Cc2ccc(F)cc2)cc1. The average Bonchev–Trinajstić information content (AvgIpc) is 3.05. The van der Waals surface area contributed by atoms with Crippen LogP contribution >= 0.6 is 0 Å². The van der Waals surface area contributed by atoms with Crippen molar-refractivity contribution in [1.82, 2.24) is 0 Å². The summed E-state index contributed by atoms with van der Waals surface area (Å²) in [6.07, 6.45) is 0.771. The Kier molecular flexibility index (Phi) is 5.02. The Hall–Kier alpha value is -2.51. The van der Waals surface area contributed by atoms with Gasteiger partial charge in [0.15, 0.2) is 5.69 Å². The summed E-state index contributed by atoms with van der Waals surface area (Å²) < 4.78 is 18.5. The highest BCUT2D eigenvalue weighted by Crippen LogP contribution is 2.34. The van der Waals surface area contributed by atoms with Crippen LogP contribution < -0.4 is 0 Å². The van der Waals surface area contributed by atoms with E-state index in [1.807, 2.05) is 12.1 Å². The molecule has 3 rings (SSSR count). The Bertz CT molecular complexity index is 747. The van der Waals surface area contributed by atoms with Crippen LogP contribution in [0.25, 0.3) is 4.85 Å². The number of halogens is 1. The lowest BCUT2D eigenvalue weighted by molar-refractivity contribution is -0.119. The van der Waals surface area contributed by atoms with Crippen LogP contribution in [0.4, 0.5) is 10.1 Å². The molecular weight excluding hydrogens is 305 g/mol. The third-order valence-electron chi connectivity index (χ3n) is 4.45. The molecule has 3 nitrogen and oxygen atoms in total. The van der Waals surface area contributed by atoms with Crippen LogP contribution in [-0.4, -0.2) is 19.0 Å². The fraction of sp³-hybridized carbons (Fsp3) is 0.300. The third-order valence-corrected chi connectivity index (χ3v) is 4.45. The van der Waals surface area contributed by atoms with Gasteiger partial charge < -0.3 is 4.74 Å². The third kappa shape index (κ3) is 3.87. The zero-order valence-electron chi connectivity index (χ0n) is 13.2. The molecule has 1 aliphatic heterocycles. The average molecular weight is 323 g/mol. The number of hydrogen-bond donors (Lipinski definition) is 0. The van der Waals surface area contributed by atoms with E-state index < -0.39 is 0 Å². The monoisotopic (exact) mass is 323 g/mol. The van der Waals surface area contributed by atoms with E-state index in [1.54, 1.807) is 24.3 Å². The fourth-order valence-corrected chi connectivity index (χ4v) is 3.16. The molecule has 4 heteroatoms. The van der Waals surface area contributed by atoms with Gasteiger partial charge in [0, 0.05) is 18.8 Å². The highest BCUT2D eigenvalue weighted by Gasteiger charge is 2.31. The topological polar surface area (TPSA) is 30.7 Å². The molecule has 0 amide bonds. The van der Waals surface area contributed by atoms with Crippen molar-refractivity contribution < 1.29 is 13.9 Å². The molecule has 1 heterocycles. The lowest BCUT2D eigenvalue weighted by Crippen LogP contribution is -2.16. The number of rotatable bonds is 5. The maximum absolute atomic E-state index is 12.9. The number of carbonyl (C=O) groups excluding carboxylic acids is 1. The van der Waals surface area contributed by atoms with Crippen molar-refractivity contribution in [3.8, 4) is 0 Å². The van der Waals surface area contributed by atoms with Gasteiger partial charge in [0.05, 0.1) is 19.8 Å². The summed E-state index contributed by atoms with van der Waals surface area (Å²) in [7, 11) is 0. The van der Waals surface area contributed by atoms with E-state index in [1.165, 1.54) is 12.1 Å². The van der Waals surface area contributed by atoms with Crippen molar-refractivity contribution in [3.63, 3.8) is 0 Å². The summed E-state index contributed by atoms with van der Waals surface area (Å²) in [5.41, 5.74) is 2.55. The first-order valence-corrected chi connectivity index (χ1v) is 7.97. The Balaban J connectivity index is 1.63. The molecule has 122 valence electrons. The maximum atomic E-state index is 12.9. The first-order valence-electron chi connectivity index (χ1n) is 7.97. The van der Waals surface area contributed by atoms with E-state index in [9.17, 15) is 9.18 Å². The van der Waals surface area contributed by atoms with Gasteiger partial charge in [-0.15, -0.1) is 0 Å². The van der Waals surface area contributed by atoms with Crippen molar-refractivity contribution in [3.05, 3.63) is 76.9 Å². The molecule has 0 saturated carbocycles. The van der Waals surface area contributed by atoms with E-state index in [0.717, 1.165) is 11.1 Å². The standard InChI is InChI=1S/C20H18FNO2/c1-22-18-8-4-15(5-9-18)20-13-24-12-16(20)11-19(23)10-14-2-6-17(21)7-3-14/h2-9,16,20H,10-13H2/t16-,20?/m0/s1. The summed E-state index contributed by atoms with van der Waals surface area (Å²) >= 11 is 0. The summed E-state index contributed by atoms with van der Waals surface area (Å²) in [6, 6.07) is 13.6. The van der Waals surface area contributed by atoms with Gasteiger partial charge in [-0.2, -0.15) is 0 Å². The molecule has 1 fully saturated rings. The van der Waals surface area contributed by atoms with Crippen molar-refractivity contribution in [2.24, 2.45) is 5.92 Å². The second kappa shape index (κ2) is 7.37. The van der Waals surface area contributed by atoms with Gasteiger partial charge in [-0.1, -0.05) is 36.4 Å². The largest absolute Gasteiger partial charge is 0.380 e. The molecule has 1 saturated heterocycles. The smallest absolute Gasteiger partial charge is 0.187 e. The molecule has 0 bridgehead atoms. The van der Waals surface area contributed by atoms with E-state index in [-0.39, 0.29) is 23.4 Å². The van der Waals surface area contributed by atoms with Gasteiger partial charge >= 0.3 is 0 Å². The van der Waals surface area contributed by atoms with Crippen molar-refractivity contribution in [2.75, 3.05) is 13.2 Å². The molecular formula is C20H18FNO2. The van der Waals surface area contributed by atoms with Crippen LogP contribution in [-0.2, 0) is 16.0 Å². The highest BCUT2D eigenvalue weighted by molar-refractivity contribution is 5.81. The Morgan fingerprint density at radius 2 is 1.83 bits per heavy atom. The minimum absolute atomic E-state index is 0.139. The van der Waals surface area contributed by atoms with Crippen molar-refractivity contribution >= 4 is 11.5 Å². The van der Waals surface area contributed by atoms with Crippen LogP contribution in [0.15, 0.2) is 48.5 Å². The van der Waals surface area contributed by atoms with Crippen LogP contribution in [0, 0.1) is 18.3 Å². The lowest BCUT2D eigenvalue weighted by Gasteiger charge is -2.17. The molecule has 1 aliphatic rings. The van der Waals surface area contributed by atoms with E-state index >= 15 is 0 Å². The first-order chi connectivity index (χ1) is 11.7. The molecule has 2 atom stereocenters. The predicted octanol–water partition coefficient (Wildman–Crippen LogP) is 4.31. The second-order valence-corrected chi connectivity index (χ2v) is 6.15. The van der Waals surface area contributed by atoms with Crippen molar-refractivity contribution in [2.45, 2.75) is 18.8 Å². The number of carbonyl (C=O) groups is 1. The normalized spacial score (nSPS) is 19.8. The maximum Gasteiger partial charge on any atom is 0.187 e. The number of Topliss-reactive ketones (excluding diaryl/α,β-unsaturated/α-hetero) is 1. The molecule has 0 aromatic heterocycles. The van der Waals surface area contributed by atoms with Crippen LogP contribution in [0.1, 0.15) is 23.5 Å². The second-order valence-electron chi connectivity index (χ2n) is 6.15. The summed E-state index contributed by atoms with van der Waals surface area (Å²) in [4.78, 5) is 15.7. The quantitative estimate of drug-likeness (QED) is 0.768. The number of hydrogen-bond acceptors (Lipinski definition) is 2. The number of ether oxygens (including phenoxy) is 1. The van der Waals surface area contributed by atoms with Crippen LogP contribution in [0.3, 0.4) is 0 Å². The van der Waals surface area contributed by atoms with Crippen LogP contribution in [0.5, 0.6) is 0 Å². The Morgan fingerprint density at radius 1 is 1.12 bits per heavy atom. The Morgan fingerprint density at radius 3 is 2.50 bits per heavy atom. The first kappa shape index (κ1) is 16.4. The molecule has 2 aromatic carbocycles. The molecule has 0 aliphatic carbocycles. The lowest BCUT2D eigenvalue weighted by atomic mass is 9.85. The summed E-state index contributed by atoms with van der Waals surface area (Å²) in [5.74, 6) is 0.178. The number of nitrogens with zero attached hydrogens (tertiary/aromatic N) is 1. The number of benzene rings is 2. The van der Waals surface area contributed by atoms with Gasteiger partial charge in [-0.25, -0.2) is 9.24 Å². The summed E-state index contributed by atoms with van der Waals surface area (Å²) in [6.45, 7) is 8.18. The molecule has 2 aromatic rings. The van der Waals surface area contributed by atoms with E-state index in [0.29, 0.717) is 31.7 Å². The summed E-state index contributed by atoms with van der Waals surface area (Å²) in [5, 5.41) is 0. The molecule has 0 spiro atoms. The molecule has 1 unspecified atom stereocenters. The van der Waals surface area contributed by atoms with Gasteiger partial charge in [0.25, 0.3) is 0 Å². The van der Waals surface area contributed by atoms with E-state index in [4.69, 9.17) is 11.3 Å². The van der Waals surface area contributed by atoms with E-state index in [2.05, 4.69) is 4.85 Å². The minimum atomic E-state index is -0.293. The highest BCUT2D eigenvalue weighted by atomic mass is 19.1. The zero-order valence-corrected chi connectivity index (χ0v) is 13.2. The van der Waals surface area contributed by atoms with Crippen LogP contribution in [0.2, 0.25) is 0 Å². The van der Waals surface area contributed by atoms with Gasteiger partial charge in [-0.05, 0) is 29.2 Å². The fourth-order valence-electron chi connectivity index (χ4n) is 3.16.